The molecule has 5 heterocycles. The van der Waals surface area contributed by atoms with Crippen molar-refractivity contribution in [3.63, 3.8) is 0 Å². The van der Waals surface area contributed by atoms with Crippen LogP contribution in [-0.2, 0) is 0 Å². The van der Waals surface area contributed by atoms with Gasteiger partial charge in [-0.15, -0.1) is 0 Å². The van der Waals surface area contributed by atoms with Crippen LogP contribution in [0.25, 0.3) is 137 Å². The lowest BCUT2D eigenvalue weighted by atomic mass is 10.00. The highest BCUT2D eigenvalue weighted by molar-refractivity contribution is 6.37. The maximum absolute atomic E-state index is 5.36. The number of rotatable bonds is 4. The third kappa shape index (κ3) is 4.71. The molecule has 0 fully saturated rings. The summed E-state index contributed by atoms with van der Waals surface area (Å²) in [7, 11) is 0. The summed E-state index contributed by atoms with van der Waals surface area (Å²) in [5.41, 5.74) is 16.2. The van der Waals surface area contributed by atoms with Gasteiger partial charge in [0.15, 0.2) is 0 Å². The molecule has 0 atom stereocenters. The van der Waals surface area contributed by atoms with Gasteiger partial charge in [0.1, 0.15) is 0 Å². The van der Waals surface area contributed by atoms with E-state index in [0.717, 1.165) is 50.4 Å². The van der Waals surface area contributed by atoms with Crippen LogP contribution in [0, 0.1) is 0 Å². The first-order valence-corrected chi connectivity index (χ1v) is 22.3. The average molecular weight is 826 g/mol. The minimum atomic E-state index is 0.857. The molecule has 0 aliphatic heterocycles. The van der Waals surface area contributed by atoms with Crippen LogP contribution in [0.1, 0.15) is 0 Å². The minimum Gasteiger partial charge on any atom is -0.309 e. The molecule has 0 amide bonds. The molecule has 15 aromatic rings. The predicted molar refractivity (Wildman–Crippen MR) is 271 cm³/mol. The number of nitrogens with zero attached hydrogens (tertiary/aromatic N) is 5. The van der Waals surface area contributed by atoms with Gasteiger partial charge in [0, 0.05) is 71.0 Å². The second-order valence-electron chi connectivity index (χ2n) is 17.3. The fourth-order valence-corrected chi connectivity index (χ4v) is 11.2. The van der Waals surface area contributed by atoms with E-state index in [2.05, 4.69) is 214 Å². The Hall–Kier alpha value is -8.80. The van der Waals surface area contributed by atoms with Crippen molar-refractivity contribution < 1.29 is 0 Å². The number of para-hydroxylation sites is 6. The Morgan fingerprint density at radius 3 is 1.62 bits per heavy atom. The molecular formula is C60H35N5. The molecule has 0 spiro atoms. The van der Waals surface area contributed by atoms with Gasteiger partial charge in [-0.2, -0.15) is 0 Å². The van der Waals surface area contributed by atoms with E-state index in [9.17, 15) is 0 Å². The fraction of sp³-hybridized carbons (Fsp3) is 0. The maximum atomic E-state index is 5.36. The first kappa shape index (κ1) is 34.7. The average Bonchev–Trinajstić information content (AvgIpc) is 4.10. The van der Waals surface area contributed by atoms with E-state index in [1.165, 1.54) is 87.0 Å². The zero-order valence-electron chi connectivity index (χ0n) is 34.9. The maximum Gasteiger partial charge on any atom is 0.0973 e. The summed E-state index contributed by atoms with van der Waals surface area (Å²) in [6.07, 6.45) is 0. The van der Waals surface area contributed by atoms with Crippen LogP contribution in [0.15, 0.2) is 212 Å². The fourth-order valence-electron chi connectivity index (χ4n) is 11.2. The lowest BCUT2D eigenvalue weighted by Crippen LogP contribution is -1.97. The van der Waals surface area contributed by atoms with Gasteiger partial charge in [-0.3, -0.25) is 0 Å². The molecule has 65 heavy (non-hydrogen) atoms. The Kier molecular flexibility index (Phi) is 6.89. The second-order valence-corrected chi connectivity index (χ2v) is 17.3. The quantitative estimate of drug-likeness (QED) is 0.177. The Morgan fingerprint density at radius 2 is 0.846 bits per heavy atom. The largest absolute Gasteiger partial charge is 0.309 e. The van der Waals surface area contributed by atoms with Crippen LogP contribution in [0.4, 0.5) is 0 Å². The van der Waals surface area contributed by atoms with Crippen LogP contribution in [-0.4, -0.2) is 23.5 Å². The first-order valence-electron chi connectivity index (χ1n) is 22.3. The van der Waals surface area contributed by atoms with Crippen LogP contribution < -0.4 is 0 Å². The molecule has 0 saturated carbocycles. The van der Waals surface area contributed by atoms with Crippen molar-refractivity contribution in [3.05, 3.63) is 212 Å². The molecular weight excluding hydrogens is 791 g/mol. The second kappa shape index (κ2) is 12.9. The molecule has 10 aromatic carbocycles. The van der Waals surface area contributed by atoms with Gasteiger partial charge in [0.25, 0.3) is 0 Å². The molecule has 5 aromatic heterocycles. The van der Waals surface area contributed by atoms with E-state index in [1.54, 1.807) is 0 Å². The highest BCUT2D eigenvalue weighted by Gasteiger charge is 2.25. The minimum absolute atomic E-state index is 0.857. The highest BCUT2D eigenvalue weighted by atomic mass is 15.0. The number of benzene rings is 10. The third-order valence-electron chi connectivity index (χ3n) is 13.9. The Balaban J connectivity index is 0.954. The number of hydrogen-bond donors (Lipinski definition) is 0. The molecule has 5 heteroatoms. The molecule has 0 unspecified atom stereocenters. The monoisotopic (exact) mass is 825 g/mol. The number of aromatic nitrogens is 5. The Morgan fingerprint density at radius 1 is 0.292 bits per heavy atom. The smallest absolute Gasteiger partial charge is 0.0973 e. The van der Waals surface area contributed by atoms with Crippen molar-refractivity contribution in [2.45, 2.75) is 0 Å². The standard InChI is InChI=1S/C60H35N5/c1-2-15-39(16-3-1)63-50-23-11-6-18-42(50)46-34-38(29-33-53(46)63)58-57(61-48-21-9-10-22-49(48)62-58)37-26-30-40(31-27-37)64-52-25-13-8-20-44(52)55-54(64)35-47-43-19-7-12-24-51(43)65-59-41-17-5-4-14-36(41)28-32-45(59)56(55)60(47)65/h1-35H. The highest BCUT2D eigenvalue weighted by Crippen LogP contribution is 2.48. The van der Waals surface area contributed by atoms with Crippen molar-refractivity contribution >= 4 is 104 Å². The zero-order valence-corrected chi connectivity index (χ0v) is 34.9. The van der Waals surface area contributed by atoms with E-state index < -0.39 is 0 Å². The van der Waals surface area contributed by atoms with Gasteiger partial charge in [-0.25, -0.2) is 9.97 Å². The summed E-state index contributed by atoms with van der Waals surface area (Å²) in [6.45, 7) is 0. The summed E-state index contributed by atoms with van der Waals surface area (Å²) >= 11 is 0. The molecule has 0 radical (unpaired) electrons. The summed E-state index contributed by atoms with van der Waals surface area (Å²) < 4.78 is 7.34. The van der Waals surface area contributed by atoms with E-state index >= 15 is 0 Å². The molecule has 0 aliphatic carbocycles. The summed E-state index contributed by atoms with van der Waals surface area (Å²) in [4.78, 5) is 10.7. The molecule has 300 valence electrons. The number of hydrogen-bond acceptors (Lipinski definition) is 2. The molecule has 15 rings (SSSR count). The summed E-state index contributed by atoms with van der Waals surface area (Å²) in [5.74, 6) is 0. The normalized spacial score (nSPS) is 12.3. The predicted octanol–water partition coefficient (Wildman–Crippen LogP) is 15.5. The van der Waals surface area contributed by atoms with Crippen LogP contribution in [0.5, 0.6) is 0 Å². The Bertz CT molecular complexity index is 4460. The molecule has 0 bridgehead atoms. The van der Waals surface area contributed by atoms with Gasteiger partial charge < -0.3 is 13.5 Å². The van der Waals surface area contributed by atoms with Crippen molar-refractivity contribution in [2.24, 2.45) is 0 Å². The van der Waals surface area contributed by atoms with E-state index in [4.69, 9.17) is 9.97 Å². The van der Waals surface area contributed by atoms with E-state index in [-0.39, 0.29) is 0 Å². The molecule has 5 nitrogen and oxygen atoms in total. The van der Waals surface area contributed by atoms with Crippen molar-refractivity contribution in [3.8, 4) is 33.9 Å². The lowest BCUT2D eigenvalue weighted by molar-refractivity contribution is 1.18. The Labute approximate surface area is 371 Å². The van der Waals surface area contributed by atoms with Gasteiger partial charge in [-0.05, 0) is 78.2 Å². The van der Waals surface area contributed by atoms with E-state index in [1.807, 2.05) is 12.1 Å². The van der Waals surface area contributed by atoms with Crippen LogP contribution >= 0.6 is 0 Å². The number of fused-ring (bicyclic) bond motifs is 16. The molecule has 0 N–H and O–H groups in total. The zero-order chi connectivity index (χ0) is 42.3. The van der Waals surface area contributed by atoms with E-state index in [0.29, 0.717) is 0 Å². The molecule has 0 saturated heterocycles. The van der Waals surface area contributed by atoms with Crippen molar-refractivity contribution in [2.75, 3.05) is 0 Å². The SMILES string of the molecule is c1ccc(-n2c3ccccc3c3cc(-c4nc5ccccc5nc4-c4ccc(-n5c6ccccc6c6c7c8ccc9ccccc9c8n8c9ccccc9c(cc65)c78)cc4)ccc32)cc1. The first-order chi connectivity index (χ1) is 32.3. The summed E-state index contributed by atoms with van der Waals surface area (Å²) in [6, 6.07) is 76.8. The van der Waals surface area contributed by atoms with Crippen molar-refractivity contribution in [1.29, 1.82) is 0 Å². The summed E-state index contributed by atoms with van der Waals surface area (Å²) in [5, 5.41) is 12.5. The topological polar surface area (TPSA) is 40.0 Å². The van der Waals surface area contributed by atoms with Gasteiger partial charge in [-0.1, -0.05) is 140 Å². The molecule has 0 aliphatic rings. The van der Waals surface area contributed by atoms with Crippen LogP contribution in [0.3, 0.4) is 0 Å². The lowest BCUT2D eigenvalue weighted by Gasteiger charge is -2.13. The van der Waals surface area contributed by atoms with Gasteiger partial charge in [0.05, 0.1) is 61.0 Å². The van der Waals surface area contributed by atoms with Crippen LogP contribution in [0.2, 0.25) is 0 Å². The third-order valence-corrected chi connectivity index (χ3v) is 13.9. The van der Waals surface area contributed by atoms with Crippen molar-refractivity contribution in [1.82, 2.24) is 23.5 Å². The van der Waals surface area contributed by atoms with Gasteiger partial charge in [0.2, 0.25) is 0 Å². The van der Waals surface area contributed by atoms with Gasteiger partial charge >= 0.3 is 0 Å².